The fourth-order valence-corrected chi connectivity index (χ4v) is 0.654. The quantitative estimate of drug-likeness (QED) is 0.655. The summed E-state index contributed by atoms with van der Waals surface area (Å²) in [7, 11) is 0. The van der Waals surface area contributed by atoms with Gasteiger partial charge in [0, 0.05) is 25.9 Å². The molecule has 0 fully saturated rings. The van der Waals surface area contributed by atoms with E-state index >= 15 is 0 Å². The second-order valence-electron chi connectivity index (χ2n) is 2.41. The second kappa shape index (κ2) is 11.9. The Morgan fingerprint density at radius 1 is 0.857 bits per heavy atom. The molecule has 0 heterocycles. The molecule has 0 atom stereocenters. The molecule has 0 rings (SSSR count). The van der Waals surface area contributed by atoms with Crippen molar-refractivity contribution in [2.45, 2.75) is 40.5 Å². The van der Waals surface area contributed by atoms with Crippen molar-refractivity contribution in [1.82, 2.24) is 10.6 Å². The van der Waals surface area contributed by atoms with Crippen LogP contribution >= 0.6 is 0 Å². The third-order valence-corrected chi connectivity index (χ3v) is 1.41. The Morgan fingerprint density at radius 2 is 1.14 bits per heavy atom. The third-order valence-electron chi connectivity index (χ3n) is 1.41. The van der Waals surface area contributed by atoms with Crippen LogP contribution in [0.4, 0.5) is 0 Å². The normalized spacial score (nSPS) is 8.29. The van der Waals surface area contributed by atoms with Crippen LogP contribution in [0.15, 0.2) is 0 Å². The van der Waals surface area contributed by atoms with E-state index in [-0.39, 0.29) is 11.8 Å². The van der Waals surface area contributed by atoms with E-state index in [0.29, 0.717) is 25.9 Å². The molecule has 0 saturated carbocycles. The highest BCUT2D eigenvalue weighted by molar-refractivity contribution is 5.76. The minimum Gasteiger partial charge on any atom is -0.354 e. The van der Waals surface area contributed by atoms with Crippen molar-refractivity contribution in [3.05, 3.63) is 0 Å². The second-order valence-corrected chi connectivity index (χ2v) is 2.41. The van der Waals surface area contributed by atoms with E-state index in [1.165, 1.54) is 0 Å². The Morgan fingerprint density at radius 3 is 1.36 bits per heavy atom. The van der Waals surface area contributed by atoms with Gasteiger partial charge < -0.3 is 10.6 Å². The van der Waals surface area contributed by atoms with Crippen molar-refractivity contribution in [1.29, 1.82) is 0 Å². The molecule has 0 aliphatic carbocycles. The molecule has 0 aromatic carbocycles. The first-order valence-electron chi connectivity index (χ1n) is 5.24. The molecule has 0 aliphatic rings. The lowest BCUT2D eigenvalue weighted by Gasteiger charge is -2.04. The summed E-state index contributed by atoms with van der Waals surface area (Å²) in [6, 6.07) is 0. The monoisotopic (exact) mass is 202 g/mol. The molecule has 14 heavy (non-hydrogen) atoms. The topological polar surface area (TPSA) is 58.2 Å². The Bertz CT molecular complexity index is 140. The van der Waals surface area contributed by atoms with E-state index in [2.05, 4.69) is 10.6 Å². The van der Waals surface area contributed by atoms with Gasteiger partial charge in [-0.15, -0.1) is 0 Å². The number of rotatable bonds is 5. The zero-order valence-corrected chi connectivity index (χ0v) is 9.64. The highest BCUT2D eigenvalue weighted by Gasteiger charge is 1.96. The standard InChI is InChI=1S/C8H16N2O2.C2H6/c1-3-7(11)9-5-6-10-8(12)4-2;1-2/h3-6H2,1-2H3,(H,9,11)(H,10,12);1-2H3. The molecule has 4 nitrogen and oxygen atoms in total. The van der Waals surface area contributed by atoms with Crippen LogP contribution in [0.1, 0.15) is 40.5 Å². The number of hydrogen-bond donors (Lipinski definition) is 2. The molecule has 4 heteroatoms. The van der Waals surface area contributed by atoms with Gasteiger partial charge in [-0.25, -0.2) is 0 Å². The van der Waals surface area contributed by atoms with Crippen molar-refractivity contribution < 1.29 is 9.59 Å². The Hall–Kier alpha value is -1.06. The molecule has 0 aromatic rings. The zero-order chi connectivity index (χ0) is 11.4. The van der Waals surface area contributed by atoms with Crippen molar-refractivity contribution in [3.8, 4) is 0 Å². The van der Waals surface area contributed by atoms with Gasteiger partial charge in [0.05, 0.1) is 0 Å². The summed E-state index contributed by atoms with van der Waals surface area (Å²) in [5.41, 5.74) is 0. The van der Waals surface area contributed by atoms with Crippen LogP contribution in [-0.2, 0) is 9.59 Å². The van der Waals surface area contributed by atoms with Gasteiger partial charge >= 0.3 is 0 Å². The van der Waals surface area contributed by atoms with Crippen molar-refractivity contribution in [2.24, 2.45) is 0 Å². The van der Waals surface area contributed by atoms with Gasteiger partial charge in [-0.2, -0.15) is 0 Å². The molecule has 0 spiro atoms. The molecular formula is C10H22N2O2. The van der Waals surface area contributed by atoms with Gasteiger partial charge in [-0.1, -0.05) is 27.7 Å². The number of carbonyl (C=O) groups excluding carboxylic acids is 2. The van der Waals surface area contributed by atoms with Crippen LogP contribution in [0.5, 0.6) is 0 Å². The third kappa shape index (κ3) is 10.9. The van der Waals surface area contributed by atoms with E-state index in [0.717, 1.165) is 0 Å². The maximum absolute atomic E-state index is 10.7. The summed E-state index contributed by atoms with van der Waals surface area (Å²) in [5.74, 6) is 0.0292. The van der Waals surface area contributed by atoms with Crippen molar-refractivity contribution in [2.75, 3.05) is 13.1 Å². The molecule has 2 amide bonds. The smallest absolute Gasteiger partial charge is 0.219 e. The Balaban J connectivity index is 0. The highest BCUT2D eigenvalue weighted by Crippen LogP contribution is 1.75. The molecule has 0 bridgehead atoms. The largest absolute Gasteiger partial charge is 0.354 e. The fraction of sp³-hybridized carbons (Fsp3) is 0.800. The summed E-state index contributed by atoms with van der Waals surface area (Å²) in [6.45, 7) is 8.61. The maximum atomic E-state index is 10.7. The van der Waals surface area contributed by atoms with Gasteiger partial charge in [0.25, 0.3) is 0 Å². The van der Waals surface area contributed by atoms with E-state index in [4.69, 9.17) is 0 Å². The molecule has 2 N–H and O–H groups in total. The van der Waals surface area contributed by atoms with Crippen LogP contribution in [0.2, 0.25) is 0 Å². The lowest BCUT2D eigenvalue weighted by atomic mass is 10.4. The molecule has 0 aliphatic heterocycles. The Labute approximate surface area is 86.5 Å². The number of hydrogen-bond acceptors (Lipinski definition) is 2. The Kier molecular flexibility index (Phi) is 13.1. The van der Waals surface area contributed by atoms with Gasteiger partial charge in [0.1, 0.15) is 0 Å². The number of nitrogens with one attached hydrogen (secondary N) is 2. The first kappa shape index (κ1) is 15.4. The minimum atomic E-state index is 0.0146. The SMILES string of the molecule is CC.CCC(=O)NCCNC(=O)CC. The van der Waals surface area contributed by atoms with Gasteiger partial charge in [-0.05, 0) is 0 Å². The fourth-order valence-electron chi connectivity index (χ4n) is 0.654. The predicted molar refractivity (Wildman–Crippen MR) is 57.9 cm³/mol. The van der Waals surface area contributed by atoms with Crippen LogP contribution in [0, 0.1) is 0 Å². The van der Waals surface area contributed by atoms with Crippen LogP contribution in [0.25, 0.3) is 0 Å². The summed E-state index contributed by atoms with van der Waals surface area (Å²) >= 11 is 0. The number of carbonyl (C=O) groups is 2. The van der Waals surface area contributed by atoms with E-state index in [9.17, 15) is 9.59 Å². The molecule has 84 valence electrons. The van der Waals surface area contributed by atoms with Crippen LogP contribution < -0.4 is 10.6 Å². The molecule has 0 unspecified atom stereocenters. The summed E-state index contributed by atoms with van der Waals surface area (Å²) in [5, 5.41) is 5.32. The van der Waals surface area contributed by atoms with Crippen molar-refractivity contribution in [3.63, 3.8) is 0 Å². The molecule has 0 saturated heterocycles. The first-order valence-corrected chi connectivity index (χ1v) is 5.24. The maximum Gasteiger partial charge on any atom is 0.219 e. The highest BCUT2D eigenvalue weighted by atomic mass is 16.2. The van der Waals surface area contributed by atoms with Crippen LogP contribution in [0.3, 0.4) is 0 Å². The van der Waals surface area contributed by atoms with Gasteiger partial charge in [0.15, 0.2) is 0 Å². The zero-order valence-electron chi connectivity index (χ0n) is 9.64. The summed E-state index contributed by atoms with van der Waals surface area (Å²) in [4.78, 5) is 21.4. The first-order chi connectivity index (χ1) is 6.70. The molecule has 0 aromatic heterocycles. The average molecular weight is 202 g/mol. The lowest BCUT2D eigenvalue weighted by Crippen LogP contribution is -2.33. The molecular weight excluding hydrogens is 180 g/mol. The lowest BCUT2D eigenvalue weighted by molar-refractivity contribution is -0.122. The van der Waals surface area contributed by atoms with Gasteiger partial charge in [0.2, 0.25) is 11.8 Å². The summed E-state index contributed by atoms with van der Waals surface area (Å²) < 4.78 is 0. The summed E-state index contributed by atoms with van der Waals surface area (Å²) in [6.07, 6.45) is 0.976. The minimum absolute atomic E-state index is 0.0146. The molecule has 0 radical (unpaired) electrons. The average Bonchev–Trinajstić information content (AvgIpc) is 2.26. The van der Waals surface area contributed by atoms with Crippen molar-refractivity contribution >= 4 is 11.8 Å². The van der Waals surface area contributed by atoms with E-state index < -0.39 is 0 Å². The number of amides is 2. The van der Waals surface area contributed by atoms with E-state index in [1.807, 2.05) is 13.8 Å². The predicted octanol–water partition coefficient (Wildman–Crippen LogP) is 1.06. The van der Waals surface area contributed by atoms with E-state index in [1.54, 1.807) is 13.8 Å². The van der Waals surface area contributed by atoms with Crippen LogP contribution in [-0.4, -0.2) is 24.9 Å². The van der Waals surface area contributed by atoms with Gasteiger partial charge in [-0.3, -0.25) is 9.59 Å².